The fourth-order valence-corrected chi connectivity index (χ4v) is 3.26. The van der Waals surface area contributed by atoms with Crippen molar-refractivity contribution in [2.75, 3.05) is 13.1 Å². The van der Waals surface area contributed by atoms with E-state index in [1.54, 1.807) is 17.3 Å². The van der Waals surface area contributed by atoms with Gasteiger partial charge in [-0.25, -0.2) is 0 Å². The molecular formula is C20H24N2O3. The highest BCUT2D eigenvalue weighted by Crippen LogP contribution is 2.27. The Bertz CT molecular complexity index is 723. The zero-order valence-corrected chi connectivity index (χ0v) is 14.7. The van der Waals surface area contributed by atoms with Gasteiger partial charge < -0.3 is 14.7 Å². The molecule has 1 unspecified atom stereocenters. The Hall–Kier alpha value is -2.40. The van der Waals surface area contributed by atoms with E-state index in [9.17, 15) is 9.90 Å². The summed E-state index contributed by atoms with van der Waals surface area (Å²) >= 11 is 0. The molecule has 1 N–H and O–H groups in total. The molecule has 5 heteroatoms. The van der Waals surface area contributed by atoms with Crippen LogP contribution in [0.15, 0.2) is 36.7 Å². The summed E-state index contributed by atoms with van der Waals surface area (Å²) in [7, 11) is 0. The number of amides is 1. The van der Waals surface area contributed by atoms with Crippen LogP contribution in [-0.4, -0.2) is 40.1 Å². The lowest BCUT2D eigenvalue weighted by molar-refractivity contribution is 0.0473. The topological polar surface area (TPSA) is 62.7 Å². The first-order chi connectivity index (χ1) is 12.0. The summed E-state index contributed by atoms with van der Waals surface area (Å²) in [6, 6.07) is 7.59. The second-order valence-electron chi connectivity index (χ2n) is 6.64. The molecule has 3 rings (SSSR count). The third-order valence-electron chi connectivity index (χ3n) is 4.50. The molecular weight excluding hydrogens is 316 g/mol. The molecule has 0 spiro atoms. The minimum absolute atomic E-state index is 0.0243. The predicted molar refractivity (Wildman–Crippen MR) is 95.6 cm³/mol. The summed E-state index contributed by atoms with van der Waals surface area (Å²) in [4.78, 5) is 18.5. The van der Waals surface area contributed by atoms with E-state index in [4.69, 9.17) is 4.74 Å². The van der Waals surface area contributed by atoms with Gasteiger partial charge in [0, 0.05) is 36.6 Å². The van der Waals surface area contributed by atoms with E-state index in [0.717, 1.165) is 35.3 Å². The number of ether oxygens (including phenoxy) is 1. The standard InChI is InChI=1S/C20H24N2O3/c1-14-9-17(20(24)22-8-4-6-18(23)12-22)10-15(2)19(14)25-13-16-5-3-7-21-11-16/h3,5,7,9-11,18,23H,4,6,8,12-13H2,1-2H3. The molecule has 2 aromatic rings. The normalized spacial score (nSPS) is 17.4. The van der Waals surface area contributed by atoms with Crippen molar-refractivity contribution in [3.05, 3.63) is 58.9 Å². The van der Waals surface area contributed by atoms with E-state index < -0.39 is 6.10 Å². The Balaban J connectivity index is 1.74. The molecule has 1 fully saturated rings. The van der Waals surface area contributed by atoms with Gasteiger partial charge in [-0.05, 0) is 56.0 Å². The smallest absolute Gasteiger partial charge is 0.253 e. The van der Waals surface area contributed by atoms with Gasteiger partial charge in [-0.3, -0.25) is 9.78 Å². The van der Waals surface area contributed by atoms with Gasteiger partial charge in [-0.2, -0.15) is 0 Å². The number of piperidine rings is 1. The molecule has 132 valence electrons. The van der Waals surface area contributed by atoms with Gasteiger partial charge in [0.15, 0.2) is 0 Å². The molecule has 1 amide bonds. The maximum absolute atomic E-state index is 12.7. The predicted octanol–water partition coefficient (Wildman–Crippen LogP) is 2.87. The highest BCUT2D eigenvalue weighted by atomic mass is 16.5. The maximum atomic E-state index is 12.7. The monoisotopic (exact) mass is 340 g/mol. The molecule has 5 nitrogen and oxygen atoms in total. The Morgan fingerprint density at radius 1 is 1.36 bits per heavy atom. The van der Waals surface area contributed by atoms with Crippen LogP contribution < -0.4 is 4.74 Å². The van der Waals surface area contributed by atoms with Crippen molar-refractivity contribution in [2.45, 2.75) is 39.4 Å². The number of aliphatic hydroxyl groups is 1. The molecule has 1 saturated heterocycles. The molecule has 0 aliphatic carbocycles. The Kier molecular flexibility index (Phi) is 5.34. The minimum atomic E-state index is -0.415. The molecule has 1 aromatic heterocycles. The van der Waals surface area contributed by atoms with Crippen LogP contribution in [0.1, 0.15) is 39.9 Å². The van der Waals surface area contributed by atoms with Crippen LogP contribution in [0.4, 0.5) is 0 Å². The van der Waals surface area contributed by atoms with Crippen LogP contribution in [0.25, 0.3) is 0 Å². The molecule has 1 atom stereocenters. The lowest BCUT2D eigenvalue weighted by atomic mass is 10.0. The quantitative estimate of drug-likeness (QED) is 0.930. The van der Waals surface area contributed by atoms with E-state index in [1.165, 1.54) is 0 Å². The minimum Gasteiger partial charge on any atom is -0.488 e. The lowest BCUT2D eigenvalue weighted by Gasteiger charge is -2.30. The third kappa shape index (κ3) is 4.17. The summed E-state index contributed by atoms with van der Waals surface area (Å²) in [5, 5.41) is 9.79. The maximum Gasteiger partial charge on any atom is 0.253 e. The summed E-state index contributed by atoms with van der Waals surface area (Å²) in [6.45, 7) is 5.46. The number of carbonyl (C=O) groups is 1. The van der Waals surface area contributed by atoms with Gasteiger partial charge in [0.25, 0.3) is 5.91 Å². The molecule has 0 radical (unpaired) electrons. The van der Waals surface area contributed by atoms with Crippen LogP contribution in [-0.2, 0) is 6.61 Å². The summed E-state index contributed by atoms with van der Waals surface area (Å²) in [6.07, 6.45) is 4.71. The number of rotatable bonds is 4. The van der Waals surface area contributed by atoms with Crippen molar-refractivity contribution in [3.8, 4) is 5.75 Å². The number of hydrogen-bond donors (Lipinski definition) is 1. The van der Waals surface area contributed by atoms with Crippen molar-refractivity contribution in [1.29, 1.82) is 0 Å². The average Bonchev–Trinajstić information content (AvgIpc) is 2.61. The van der Waals surface area contributed by atoms with Crippen LogP contribution in [0.5, 0.6) is 5.75 Å². The number of β-amino-alcohol motifs (C(OH)–C–C–N with tert-alkyl or cyclic N) is 1. The Morgan fingerprint density at radius 2 is 2.12 bits per heavy atom. The zero-order valence-electron chi connectivity index (χ0n) is 14.7. The average molecular weight is 340 g/mol. The van der Waals surface area contributed by atoms with Gasteiger partial charge in [0.1, 0.15) is 12.4 Å². The van der Waals surface area contributed by atoms with Gasteiger partial charge in [0.05, 0.1) is 6.10 Å². The van der Waals surface area contributed by atoms with Crippen LogP contribution in [0.3, 0.4) is 0 Å². The number of aromatic nitrogens is 1. The van der Waals surface area contributed by atoms with Crippen LogP contribution in [0.2, 0.25) is 0 Å². The van der Waals surface area contributed by atoms with Gasteiger partial charge in [0.2, 0.25) is 0 Å². The summed E-state index contributed by atoms with van der Waals surface area (Å²) < 4.78 is 5.95. The number of benzene rings is 1. The summed E-state index contributed by atoms with van der Waals surface area (Å²) in [5.41, 5.74) is 3.52. The molecule has 1 aliphatic rings. The van der Waals surface area contributed by atoms with E-state index in [-0.39, 0.29) is 5.91 Å². The molecule has 1 aliphatic heterocycles. The SMILES string of the molecule is Cc1cc(C(=O)N2CCCC(O)C2)cc(C)c1OCc1cccnc1. The highest BCUT2D eigenvalue weighted by molar-refractivity contribution is 5.95. The lowest BCUT2D eigenvalue weighted by Crippen LogP contribution is -2.42. The van der Waals surface area contributed by atoms with E-state index in [0.29, 0.717) is 25.3 Å². The Morgan fingerprint density at radius 3 is 2.76 bits per heavy atom. The number of pyridine rings is 1. The van der Waals surface area contributed by atoms with Gasteiger partial charge in [-0.15, -0.1) is 0 Å². The molecule has 1 aromatic carbocycles. The van der Waals surface area contributed by atoms with Gasteiger partial charge >= 0.3 is 0 Å². The second-order valence-corrected chi connectivity index (χ2v) is 6.64. The first-order valence-electron chi connectivity index (χ1n) is 8.65. The number of hydrogen-bond acceptors (Lipinski definition) is 4. The van der Waals surface area contributed by atoms with Crippen LogP contribution in [0, 0.1) is 13.8 Å². The van der Waals surface area contributed by atoms with E-state index >= 15 is 0 Å². The summed E-state index contributed by atoms with van der Waals surface area (Å²) in [5.74, 6) is 0.780. The fraction of sp³-hybridized carbons (Fsp3) is 0.400. The number of aryl methyl sites for hydroxylation is 2. The van der Waals surface area contributed by atoms with Crippen molar-refractivity contribution >= 4 is 5.91 Å². The first-order valence-corrected chi connectivity index (χ1v) is 8.65. The molecule has 2 heterocycles. The number of aliphatic hydroxyl groups excluding tert-OH is 1. The third-order valence-corrected chi connectivity index (χ3v) is 4.50. The number of nitrogens with zero attached hydrogens (tertiary/aromatic N) is 2. The number of carbonyl (C=O) groups excluding carboxylic acids is 1. The van der Waals surface area contributed by atoms with Crippen molar-refractivity contribution in [1.82, 2.24) is 9.88 Å². The Labute approximate surface area is 148 Å². The highest BCUT2D eigenvalue weighted by Gasteiger charge is 2.24. The van der Waals surface area contributed by atoms with Crippen molar-refractivity contribution in [2.24, 2.45) is 0 Å². The molecule has 25 heavy (non-hydrogen) atoms. The molecule has 0 bridgehead atoms. The van der Waals surface area contributed by atoms with Crippen LogP contribution >= 0.6 is 0 Å². The fourth-order valence-electron chi connectivity index (χ4n) is 3.26. The molecule has 0 saturated carbocycles. The van der Waals surface area contributed by atoms with Crippen molar-refractivity contribution in [3.63, 3.8) is 0 Å². The van der Waals surface area contributed by atoms with E-state index in [2.05, 4.69) is 4.98 Å². The van der Waals surface area contributed by atoms with Gasteiger partial charge in [-0.1, -0.05) is 6.07 Å². The first kappa shape index (κ1) is 17.4. The number of likely N-dealkylation sites (tertiary alicyclic amines) is 1. The largest absolute Gasteiger partial charge is 0.488 e. The van der Waals surface area contributed by atoms with E-state index in [1.807, 2.05) is 38.1 Å². The van der Waals surface area contributed by atoms with Crippen molar-refractivity contribution < 1.29 is 14.6 Å². The second kappa shape index (κ2) is 7.66. The zero-order chi connectivity index (χ0) is 17.8.